The molecule has 0 aliphatic carbocycles. The number of halogens is 1. The Hall–Kier alpha value is -1.49. The van der Waals surface area contributed by atoms with Gasteiger partial charge >= 0.3 is 0 Å². The summed E-state index contributed by atoms with van der Waals surface area (Å²) in [5, 5.41) is 0.553. The van der Waals surface area contributed by atoms with Crippen molar-refractivity contribution in [1.29, 1.82) is 0 Å². The van der Waals surface area contributed by atoms with Crippen molar-refractivity contribution >= 4 is 23.8 Å². The lowest BCUT2D eigenvalue weighted by atomic mass is 10.3. The number of anilines is 1. The maximum absolute atomic E-state index is 10.6. The molecule has 1 aliphatic heterocycles. The van der Waals surface area contributed by atoms with Crippen molar-refractivity contribution in [1.82, 2.24) is 9.88 Å². The summed E-state index contributed by atoms with van der Waals surface area (Å²) >= 11 is 5.86. The summed E-state index contributed by atoms with van der Waals surface area (Å²) in [7, 11) is 1.60. The van der Waals surface area contributed by atoms with E-state index in [1.807, 2.05) is 0 Å². The Morgan fingerprint density at radius 1 is 1.41 bits per heavy atom. The molecule has 1 aromatic rings. The standard InChI is InChI=1S/C11H14ClN3O2/c1-17-10-6-9(12)7-13-11(10)15-4-2-14(8-16)3-5-15/h6-8H,2-5H2,1H3. The molecule has 5 nitrogen and oxygen atoms in total. The lowest BCUT2D eigenvalue weighted by Gasteiger charge is -2.33. The molecule has 0 bridgehead atoms. The van der Waals surface area contributed by atoms with Crippen molar-refractivity contribution in [2.75, 3.05) is 38.2 Å². The fourth-order valence-corrected chi connectivity index (χ4v) is 1.99. The van der Waals surface area contributed by atoms with Gasteiger partial charge in [0.05, 0.1) is 12.1 Å². The predicted molar refractivity (Wildman–Crippen MR) is 65.6 cm³/mol. The average Bonchev–Trinajstić information content (AvgIpc) is 2.39. The van der Waals surface area contributed by atoms with E-state index >= 15 is 0 Å². The molecule has 0 aromatic carbocycles. The summed E-state index contributed by atoms with van der Waals surface area (Å²) in [6.45, 7) is 2.92. The lowest BCUT2D eigenvalue weighted by molar-refractivity contribution is -0.118. The van der Waals surface area contributed by atoms with Gasteiger partial charge in [0.15, 0.2) is 11.6 Å². The Bertz CT molecular complexity index is 406. The number of piperazine rings is 1. The molecule has 0 atom stereocenters. The maximum Gasteiger partial charge on any atom is 0.209 e. The summed E-state index contributed by atoms with van der Waals surface area (Å²) in [6, 6.07) is 1.75. The van der Waals surface area contributed by atoms with E-state index in [2.05, 4.69) is 9.88 Å². The highest BCUT2D eigenvalue weighted by atomic mass is 35.5. The third-order valence-corrected chi connectivity index (χ3v) is 2.99. The van der Waals surface area contributed by atoms with Crippen molar-refractivity contribution in [3.05, 3.63) is 17.3 Å². The number of carbonyl (C=O) groups is 1. The Morgan fingerprint density at radius 3 is 2.71 bits per heavy atom. The van der Waals surface area contributed by atoms with Crippen molar-refractivity contribution < 1.29 is 9.53 Å². The molecule has 1 amide bonds. The molecule has 0 radical (unpaired) electrons. The number of hydrogen-bond acceptors (Lipinski definition) is 4. The number of hydrogen-bond donors (Lipinski definition) is 0. The van der Waals surface area contributed by atoms with Crippen LogP contribution in [0.1, 0.15) is 0 Å². The first-order valence-corrected chi connectivity index (χ1v) is 5.76. The van der Waals surface area contributed by atoms with Crippen LogP contribution < -0.4 is 9.64 Å². The minimum Gasteiger partial charge on any atom is -0.493 e. The van der Waals surface area contributed by atoms with E-state index < -0.39 is 0 Å². The Balaban J connectivity index is 2.15. The van der Waals surface area contributed by atoms with Crippen molar-refractivity contribution in [3.8, 4) is 5.75 Å². The van der Waals surface area contributed by atoms with Gasteiger partial charge in [-0.3, -0.25) is 4.79 Å². The summed E-state index contributed by atoms with van der Waals surface area (Å²) in [5.74, 6) is 1.44. The molecule has 0 unspecified atom stereocenters. The number of rotatable bonds is 3. The van der Waals surface area contributed by atoms with Crippen LogP contribution in [0.15, 0.2) is 12.3 Å². The monoisotopic (exact) mass is 255 g/mol. The normalized spacial score (nSPS) is 15.9. The zero-order chi connectivity index (χ0) is 12.3. The summed E-state index contributed by atoms with van der Waals surface area (Å²) < 4.78 is 5.26. The highest BCUT2D eigenvalue weighted by Crippen LogP contribution is 2.28. The van der Waals surface area contributed by atoms with E-state index in [4.69, 9.17) is 16.3 Å². The van der Waals surface area contributed by atoms with Crippen LogP contribution in [-0.2, 0) is 4.79 Å². The lowest BCUT2D eigenvalue weighted by Crippen LogP contribution is -2.46. The first-order chi connectivity index (χ1) is 8.24. The molecule has 1 fully saturated rings. The van der Waals surface area contributed by atoms with Gasteiger partial charge in [-0.2, -0.15) is 0 Å². The Labute approximate surface area is 105 Å². The molecule has 1 saturated heterocycles. The zero-order valence-corrected chi connectivity index (χ0v) is 10.4. The largest absolute Gasteiger partial charge is 0.493 e. The van der Waals surface area contributed by atoms with Crippen LogP contribution in [0.5, 0.6) is 5.75 Å². The van der Waals surface area contributed by atoms with Gasteiger partial charge in [0.2, 0.25) is 6.41 Å². The van der Waals surface area contributed by atoms with Gasteiger partial charge < -0.3 is 14.5 Å². The van der Waals surface area contributed by atoms with E-state index in [1.54, 1.807) is 24.3 Å². The Morgan fingerprint density at radius 2 is 2.12 bits per heavy atom. The van der Waals surface area contributed by atoms with Gasteiger partial charge in [-0.1, -0.05) is 11.6 Å². The van der Waals surface area contributed by atoms with Crippen molar-refractivity contribution in [3.63, 3.8) is 0 Å². The number of ether oxygens (including phenoxy) is 1. The number of carbonyl (C=O) groups excluding carboxylic acids is 1. The second-order valence-corrected chi connectivity index (χ2v) is 4.24. The van der Waals surface area contributed by atoms with Crippen LogP contribution in [0.25, 0.3) is 0 Å². The average molecular weight is 256 g/mol. The number of pyridine rings is 1. The summed E-state index contributed by atoms with van der Waals surface area (Å²) in [4.78, 5) is 18.7. The maximum atomic E-state index is 10.6. The molecule has 0 spiro atoms. The molecule has 0 N–H and O–H groups in total. The van der Waals surface area contributed by atoms with Gasteiger partial charge in [-0.05, 0) is 0 Å². The second kappa shape index (κ2) is 5.23. The van der Waals surface area contributed by atoms with Crippen LogP contribution in [-0.4, -0.2) is 49.6 Å². The quantitative estimate of drug-likeness (QED) is 0.757. The van der Waals surface area contributed by atoms with Crippen LogP contribution in [0.4, 0.5) is 5.82 Å². The van der Waals surface area contributed by atoms with E-state index in [9.17, 15) is 4.79 Å². The fourth-order valence-electron chi connectivity index (χ4n) is 1.84. The van der Waals surface area contributed by atoms with Gasteiger partial charge in [0, 0.05) is 38.4 Å². The molecule has 1 aliphatic rings. The van der Waals surface area contributed by atoms with Crippen LogP contribution in [0.3, 0.4) is 0 Å². The van der Waals surface area contributed by atoms with Crippen molar-refractivity contribution in [2.24, 2.45) is 0 Å². The zero-order valence-electron chi connectivity index (χ0n) is 9.60. The first kappa shape index (κ1) is 12.0. The topological polar surface area (TPSA) is 45.7 Å². The van der Waals surface area contributed by atoms with Gasteiger partial charge in [0.25, 0.3) is 0 Å². The number of nitrogens with zero attached hydrogens (tertiary/aromatic N) is 3. The third-order valence-electron chi connectivity index (χ3n) is 2.78. The second-order valence-electron chi connectivity index (χ2n) is 3.81. The Kier molecular flexibility index (Phi) is 3.68. The summed E-state index contributed by atoms with van der Waals surface area (Å²) in [6.07, 6.45) is 2.48. The molecule has 17 heavy (non-hydrogen) atoms. The molecule has 6 heteroatoms. The van der Waals surface area contributed by atoms with E-state index in [-0.39, 0.29) is 0 Å². The fraction of sp³-hybridized carbons (Fsp3) is 0.455. The van der Waals surface area contributed by atoms with Crippen LogP contribution in [0.2, 0.25) is 5.02 Å². The number of amides is 1. The smallest absolute Gasteiger partial charge is 0.209 e. The summed E-state index contributed by atoms with van der Waals surface area (Å²) in [5.41, 5.74) is 0. The van der Waals surface area contributed by atoms with Gasteiger partial charge in [-0.15, -0.1) is 0 Å². The van der Waals surface area contributed by atoms with Gasteiger partial charge in [0.1, 0.15) is 0 Å². The molecule has 0 saturated carbocycles. The first-order valence-electron chi connectivity index (χ1n) is 5.38. The van der Waals surface area contributed by atoms with Crippen molar-refractivity contribution in [2.45, 2.75) is 0 Å². The molecular formula is C11H14ClN3O2. The van der Waals surface area contributed by atoms with E-state index in [0.717, 1.165) is 25.3 Å². The SMILES string of the molecule is COc1cc(Cl)cnc1N1CCN(C=O)CC1. The van der Waals surface area contributed by atoms with Crippen LogP contribution >= 0.6 is 11.6 Å². The predicted octanol–water partition coefficient (Wildman–Crippen LogP) is 1.02. The molecule has 2 heterocycles. The molecule has 1 aromatic heterocycles. The number of methoxy groups -OCH3 is 1. The van der Waals surface area contributed by atoms with E-state index in [1.165, 1.54) is 0 Å². The minimum absolute atomic E-state index is 0.553. The molecular weight excluding hydrogens is 242 g/mol. The highest BCUT2D eigenvalue weighted by molar-refractivity contribution is 6.30. The molecule has 2 rings (SSSR count). The minimum atomic E-state index is 0.553. The van der Waals surface area contributed by atoms with Gasteiger partial charge in [-0.25, -0.2) is 4.98 Å². The highest BCUT2D eigenvalue weighted by Gasteiger charge is 2.19. The number of aromatic nitrogens is 1. The third kappa shape index (κ3) is 2.61. The van der Waals surface area contributed by atoms with E-state index in [0.29, 0.717) is 23.9 Å². The van der Waals surface area contributed by atoms with Crippen LogP contribution in [0, 0.1) is 0 Å². The molecule has 92 valence electrons.